The van der Waals surface area contributed by atoms with Crippen molar-refractivity contribution >= 4 is 5.57 Å². The van der Waals surface area contributed by atoms with Crippen LogP contribution in [0.3, 0.4) is 0 Å². The molecule has 0 spiro atoms. The lowest BCUT2D eigenvalue weighted by Crippen LogP contribution is -2.19. The molecular weight excluding hydrogens is 264 g/mol. The second kappa shape index (κ2) is 6.14. The highest BCUT2D eigenvalue weighted by Crippen LogP contribution is 2.23. The fourth-order valence-electron chi connectivity index (χ4n) is 2.40. The fraction of sp³-hybridized carbons (Fsp3) is 0.353. The van der Waals surface area contributed by atoms with Gasteiger partial charge < -0.3 is 14.5 Å². The molecule has 21 heavy (non-hydrogen) atoms. The molecule has 0 fully saturated rings. The Hall–Kier alpha value is -2.07. The zero-order valence-corrected chi connectivity index (χ0v) is 12.5. The van der Waals surface area contributed by atoms with Crippen LogP contribution < -0.4 is 10.1 Å². The summed E-state index contributed by atoms with van der Waals surface area (Å²) in [4.78, 5) is 4.31. The van der Waals surface area contributed by atoms with E-state index in [0.717, 1.165) is 36.7 Å². The lowest BCUT2D eigenvalue weighted by Gasteiger charge is -2.14. The topological polar surface area (TPSA) is 47.3 Å². The highest BCUT2D eigenvalue weighted by molar-refractivity contribution is 5.67. The van der Waals surface area contributed by atoms with Gasteiger partial charge in [-0.2, -0.15) is 0 Å². The van der Waals surface area contributed by atoms with Crippen LogP contribution in [0.5, 0.6) is 5.75 Å². The standard InChI is InChI=1S/C17H20N2O2/c1-12-13(2)21-17(19-12)11-20-16-5-3-14(4-6-16)15-7-9-18-10-8-15/h3-7,18H,8-11H2,1-2H3. The molecule has 0 radical (unpaired) electrons. The molecule has 1 aromatic heterocycles. The first-order valence-corrected chi connectivity index (χ1v) is 7.28. The third-order valence-electron chi connectivity index (χ3n) is 3.72. The SMILES string of the molecule is Cc1nc(COc2ccc(C3=CCNCC3)cc2)oc1C. The Morgan fingerprint density at radius 3 is 2.67 bits per heavy atom. The average molecular weight is 284 g/mol. The molecule has 0 unspecified atom stereocenters. The van der Waals surface area contributed by atoms with Crippen molar-refractivity contribution in [3.8, 4) is 5.75 Å². The molecule has 0 atom stereocenters. The van der Waals surface area contributed by atoms with E-state index in [0.29, 0.717) is 12.5 Å². The van der Waals surface area contributed by atoms with E-state index in [1.807, 2.05) is 26.0 Å². The van der Waals surface area contributed by atoms with Gasteiger partial charge in [0.25, 0.3) is 0 Å². The minimum atomic E-state index is 0.362. The van der Waals surface area contributed by atoms with E-state index in [2.05, 4.69) is 28.5 Å². The van der Waals surface area contributed by atoms with Gasteiger partial charge in [-0.15, -0.1) is 0 Å². The summed E-state index contributed by atoms with van der Waals surface area (Å²) in [7, 11) is 0. The van der Waals surface area contributed by atoms with Gasteiger partial charge in [-0.25, -0.2) is 4.98 Å². The number of benzene rings is 1. The lowest BCUT2D eigenvalue weighted by atomic mass is 10.0. The number of rotatable bonds is 4. The van der Waals surface area contributed by atoms with Crippen LogP contribution in [0.1, 0.15) is 29.3 Å². The first kappa shape index (κ1) is 13.9. The van der Waals surface area contributed by atoms with Gasteiger partial charge in [0.2, 0.25) is 5.89 Å². The highest BCUT2D eigenvalue weighted by atomic mass is 16.5. The van der Waals surface area contributed by atoms with E-state index in [1.54, 1.807) is 0 Å². The Kier molecular flexibility index (Phi) is 4.06. The molecule has 110 valence electrons. The van der Waals surface area contributed by atoms with Crippen molar-refractivity contribution in [1.29, 1.82) is 0 Å². The van der Waals surface area contributed by atoms with Gasteiger partial charge in [0.05, 0.1) is 5.69 Å². The van der Waals surface area contributed by atoms with Gasteiger partial charge in [-0.3, -0.25) is 0 Å². The van der Waals surface area contributed by atoms with Crippen molar-refractivity contribution in [3.63, 3.8) is 0 Å². The molecule has 1 aliphatic rings. The first-order chi connectivity index (χ1) is 10.2. The Bertz CT molecular complexity index is 622. The molecule has 0 bridgehead atoms. The molecule has 1 aliphatic heterocycles. The molecular formula is C17H20N2O2. The van der Waals surface area contributed by atoms with Crippen molar-refractivity contribution in [2.75, 3.05) is 13.1 Å². The maximum atomic E-state index is 5.71. The van der Waals surface area contributed by atoms with Crippen LogP contribution in [0, 0.1) is 13.8 Å². The van der Waals surface area contributed by atoms with E-state index in [4.69, 9.17) is 9.15 Å². The third-order valence-corrected chi connectivity index (χ3v) is 3.72. The maximum Gasteiger partial charge on any atom is 0.232 e. The van der Waals surface area contributed by atoms with E-state index >= 15 is 0 Å². The maximum absolute atomic E-state index is 5.71. The van der Waals surface area contributed by atoms with Crippen LogP contribution in [-0.2, 0) is 6.61 Å². The molecule has 0 saturated heterocycles. The molecule has 4 heteroatoms. The lowest BCUT2D eigenvalue weighted by molar-refractivity contribution is 0.260. The minimum absolute atomic E-state index is 0.362. The summed E-state index contributed by atoms with van der Waals surface area (Å²) in [5, 5.41) is 3.32. The van der Waals surface area contributed by atoms with Gasteiger partial charge in [0.1, 0.15) is 11.5 Å². The number of aryl methyl sites for hydroxylation is 2. The normalized spacial score (nSPS) is 14.9. The number of ether oxygens (including phenoxy) is 1. The molecule has 0 aliphatic carbocycles. The quantitative estimate of drug-likeness (QED) is 0.936. The van der Waals surface area contributed by atoms with Gasteiger partial charge >= 0.3 is 0 Å². The van der Waals surface area contributed by atoms with Crippen molar-refractivity contribution in [2.45, 2.75) is 26.9 Å². The summed E-state index contributed by atoms with van der Waals surface area (Å²) >= 11 is 0. The molecule has 4 nitrogen and oxygen atoms in total. The Labute approximate surface area is 124 Å². The van der Waals surface area contributed by atoms with E-state index in [9.17, 15) is 0 Å². The Balaban J connectivity index is 1.63. The summed E-state index contributed by atoms with van der Waals surface area (Å²) < 4.78 is 11.2. The molecule has 0 amide bonds. The summed E-state index contributed by atoms with van der Waals surface area (Å²) in [6.45, 7) is 6.21. The molecule has 0 saturated carbocycles. The van der Waals surface area contributed by atoms with Crippen molar-refractivity contribution in [2.24, 2.45) is 0 Å². The second-order valence-electron chi connectivity index (χ2n) is 5.25. The van der Waals surface area contributed by atoms with Gasteiger partial charge in [-0.05, 0) is 50.1 Å². The first-order valence-electron chi connectivity index (χ1n) is 7.28. The number of aromatic nitrogens is 1. The van der Waals surface area contributed by atoms with Crippen LogP contribution in [0.2, 0.25) is 0 Å². The summed E-state index contributed by atoms with van der Waals surface area (Å²) in [5.41, 5.74) is 3.59. The Morgan fingerprint density at radius 2 is 2.05 bits per heavy atom. The highest BCUT2D eigenvalue weighted by Gasteiger charge is 2.08. The predicted molar refractivity (Wildman–Crippen MR) is 82.2 cm³/mol. The zero-order chi connectivity index (χ0) is 14.7. The van der Waals surface area contributed by atoms with Gasteiger partial charge in [0.15, 0.2) is 6.61 Å². The number of hydrogen-bond acceptors (Lipinski definition) is 4. The summed E-state index contributed by atoms with van der Waals surface area (Å²) in [6.07, 6.45) is 3.33. The minimum Gasteiger partial charge on any atom is -0.484 e. The summed E-state index contributed by atoms with van der Waals surface area (Å²) in [6, 6.07) is 8.22. The van der Waals surface area contributed by atoms with Gasteiger partial charge in [0, 0.05) is 6.54 Å². The van der Waals surface area contributed by atoms with Crippen molar-refractivity contribution in [1.82, 2.24) is 10.3 Å². The van der Waals surface area contributed by atoms with Crippen LogP contribution in [-0.4, -0.2) is 18.1 Å². The van der Waals surface area contributed by atoms with E-state index in [-0.39, 0.29) is 0 Å². The van der Waals surface area contributed by atoms with Crippen LogP contribution in [0.25, 0.3) is 5.57 Å². The number of hydrogen-bond donors (Lipinski definition) is 1. The zero-order valence-electron chi connectivity index (χ0n) is 12.5. The van der Waals surface area contributed by atoms with Gasteiger partial charge in [-0.1, -0.05) is 18.2 Å². The number of nitrogens with zero attached hydrogens (tertiary/aromatic N) is 1. The molecule has 3 rings (SSSR count). The monoisotopic (exact) mass is 284 g/mol. The average Bonchev–Trinajstić information content (AvgIpc) is 2.85. The van der Waals surface area contributed by atoms with Crippen LogP contribution >= 0.6 is 0 Å². The second-order valence-corrected chi connectivity index (χ2v) is 5.25. The van der Waals surface area contributed by atoms with E-state index in [1.165, 1.54) is 11.1 Å². The molecule has 2 heterocycles. The molecule has 1 N–H and O–H groups in total. The number of nitrogens with one attached hydrogen (secondary N) is 1. The molecule has 1 aromatic carbocycles. The third kappa shape index (κ3) is 3.34. The largest absolute Gasteiger partial charge is 0.484 e. The van der Waals surface area contributed by atoms with Crippen LogP contribution in [0.4, 0.5) is 0 Å². The number of oxazole rings is 1. The predicted octanol–water partition coefficient (Wildman–Crippen LogP) is 3.25. The van der Waals surface area contributed by atoms with Crippen molar-refractivity contribution in [3.05, 3.63) is 53.2 Å². The van der Waals surface area contributed by atoms with Crippen molar-refractivity contribution < 1.29 is 9.15 Å². The van der Waals surface area contributed by atoms with Crippen LogP contribution in [0.15, 0.2) is 34.8 Å². The smallest absolute Gasteiger partial charge is 0.232 e. The Morgan fingerprint density at radius 1 is 1.24 bits per heavy atom. The molecule has 2 aromatic rings. The summed E-state index contributed by atoms with van der Waals surface area (Å²) in [5.74, 6) is 2.30. The fourth-order valence-corrected chi connectivity index (χ4v) is 2.40. The van der Waals surface area contributed by atoms with E-state index < -0.39 is 0 Å².